The van der Waals surface area contributed by atoms with Gasteiger partial charge in [-0.25, -0.2) is 4.99 Å². The average Bonchev–Trinajstić information content (AvgIpc) is 3.08. The highest BCUT2D eigenvalue weighted by Crippen LogP contribution is 2.34. The number of ether oxygens (including phenoxy) is 1. The fourth-order valence-electron chi connectivity index (χ4n) is 3.16. The number of pyridine rings is 1. The molecule has 3 rings (SSSR count). The lowest BCUT2D eigenvalue weighted by Crippen LogP contribution is -2.48. The molecule has 0 unspecified atom stereocenters. The Hall–Kier alpha value is -1.80. The zero-order valence-corrected chi connectivity index (χ0v) is 16.4. The number of nitrogens with one attached hydrogen (secondary N) is 2. The summed E-state index contributed by atoms with van der Waals surface area (Å²) >= 11 is 2.03. The molecule has 1 aliphatic heterocycles. The lowest BCUT2D eigenvalue weighted by atomic mass is 9.99. The molecular formula is C18H28N6OS. The van der Waals surface area contributed by atoms with Gasteiger partial charge in [-0.1, -0.05) is 13.0 Å². The Bertz CT molecular complexity index is 720. The summed E-state index contributed by atoms with van der Waals surface area (Å²) in [7, 11) is 0. The van der Waals surface area contributed by atoms with Gasteiger partial charge in [0.2, 0.25) is 0 Å². The van der Waals surface area contributed by atoms with Crippen LogP contribution in [0.15, 0.2) is 29.4 Å². The van der Waals surface area contributed by atoms with Crippen molar-refractivity contribution in [2.75, 3.05) is 32.1 Å². The van der Waals surface area contributed by atoms with Crippen LogP contribution in [-0.4, -0.2) is 57.4 Å². The van der Waals surface area contributed by atoms with Crippen LogP contribution in [0.5, 0.6) is 0 Å². The standard InChI is InChI=1S/C18H28N6OS/c1-3-19-17(21-14-18(26-4-2)8-11-25-12-9-18)20-13-16-23-22-15-7-5-6-10-24(15)16/h5-7,10H,3-4,8-9,11-14H2,1-2H3,(H2,19,20,21). The number of guanidine groups is 1. The van der Waals surface area contributed by atoms with E-state index in [-0.39, 0.29) is 4.75 Å². The first-order chi connectivity index (χ1) is 12.8. The minimum Gasteiger partial charge on any atom is -0.381 e. The molecular weight excluding hydrogens is 348 g/mol. The summed E-state index contributed by atoms with van der Waals surface area (Å²) in [5, 5.41) is 15.3. The third-order valence-corrected chi connectivity index (χ3v) is 5.99. The molecule has 8 heteroatoms. The summed E-state index contributed by atoms with van der Waals surface area (Å²) in [5.41, 5.74) is 0.844. The van der Waals surface area contributed by atoms with Crippen LogP contribution in [0, 0.1) is 0 Å². The molecule has 2 N–H and O–H groups in total. The van der Waals surface area contributed by atoms with Crippen LogP contribution >= 0.6 is 11.8 Å². The summed E-state index contributed by atoms with van der Waals surface area (Å²) in [5.74, 6) is 2.77. The van der Waals surface area contributed by atoms with Gasteiger partial charge in [-0.3, -0.25) is 4.40 Å². The van der Waals surface area contributed by atoms with E-state index in [1.165, 1.54) is 0 Å². The summed E-state index contributed by atoms with van der Waals surface area (Å²) in [4.78, 5) is 4.71. The van der Waals surface area contributed by atoms with E-state index in [0.29, 0.717) is 6.54 Å². The zero-order chi connectivity index (χ0) is 18.2. The highest BCUT2D eigenvalue weighted by atomic mass is 32.2. The van der Waals surface area contributed by atoms with Gasteiger partial charge in [-0.05, 0) is 37.7 Å². The highest BCUT2D eigenvalue weighted by Gasteiger charge is 2.32. The van der Waals surface area contributed by atoms with Crippen molar-refractivity contribution in [3.8, 4) is 0 Å². The predicted octanol–water partition coefficient (Wildman–Crippen LogP) is 2.09. The number of hydrogen-bond acceptors (Lipinski definition) is 5. The maximum atomic E-state index is 5.56. The predicted molar refractivity (Wildman–Crippen MR) is 107 cm³/mol. The molecule has 142 valence electrons. The lowest BCUT2D eigenvalue weighted by molar-refractivity contribution is 0.0782. The van der Waals surface area contributed by atoms with Gasteiger partial charge in [-0.2, -0.15) is 11.8 Å². The average molecular weight is 377 g/mol. The molecule has 0 bridgehead atoms. The van der Waals surface area contributed by atoms with E-state index in [9.17, 15) is 0 Å². The van der Waals surface area contributed by atoms with Crippen molar-refractivity contribution in [1.82, 2.24) is 25.2 Å². The fraction of sp³-hybridized carbons (Fsp3) is 0.611. The van der Waals surface area contributed by atoms with Gasteiger partial charge in [0, 0.05) is 37.2 Å². The maximum Gasteiger partial charge on any atom is 0.191 e. The number of thioether (sulfide) groups is 1. The Labute approximate surface area is 159 Å². The Kier molecular flexibility index (Phi) is 6.73. The SMILES string of the molecule is CCNC(=NCc1nnc2ccccn12)NCC1(SCC)CCOCC1. The minimum atomic E-state index is 0.227. The number of nitrogens with zero attached hydrogens (tertiary/aromatic N) is 4. The molecule has 26 heavy (non-hydrogen) atoms. The van der Waals surface area contributed by atoms with Gasteiger partial charge in [0.25, 0.3) is 0 Å². The summed E-state index contributed by atoms with van der Waals surface area (Å²) in [6, 6.07) is 5.88. The zero-order valence-electron chi connectivity index (χ0n) is 15.6. The molecule has 2 aromatic rings. The Morgan fingerprint density at radius 2 is 2.12 bits per heavy atom. The van der Waals surface area contributed by atoms with Crippen molar-refractivity contribution in [1.29, 1.82) is 0 Å². The smallest absolute Gasteiger partial charge is 0.191 e. The normalized spacial score (nSPS) is 17.4. The van der Waals surface area contributed by atoms with Crippen LogP contribution in [0.2, 0.25) is 0 Å². The van der Waals surface area contributed by atoms with E-state index < -0.39 is 0 Å². The van der Waals surface area contributed by atoms with E-state index in [1.54, 1.807) is 0 Å². The van der Waals surface area contributed by atoms with Crippen molar-refractivity contribution < 1.29 is 4.74 Å². The minimum absolute atomic E-state index is 0.227. The van der Waals surface area contributed by atoms with E-state index in [4.69, 9.17) is 9.73 Å². The number of aromatic nitrogens is 3. The van der Waals surface area contributed by atoms with Crippen LogP contribution in [0.1, 0.15) is 32.5 Å². The van der Waals surface area contributed by atoms with E-state index >= 15 is 0 Å². The van der Waals surface area contributed by atoms with E-state index in [0.717, 1.165) is 62.3 Å². The molecule has 0 radical (unpaired) electrons. The Morgan fingerprint density at radius 1 is 1.27 bits per heavy atom. The lowest BCUT2D eigenvalue weighted by Gasteiger charge is -2.37. The van der Waals surface area contributed by atoms with Crippen molar-refractivity contribution in [2.24, 2.45) is 4.99 Å². The Balaban J connectivity index is 1.66. The van der Waals surface area contributed by atoms with Crippen molar-refractivity contribution in [2.45, 2.75) is 38.0 Å². The van der Waals surface area contributed by atoms with Crippen LogP contribution < -0.4 is 10.6 Å². The van der Waals surface area contributed by atoms with Gasteiger partial charge < -0.3 is 15.4 Å². The molecule has 0 saturated carbocycles. The molecule has 1 saturated heterocycles. The van der Waals surface area contributed by atoms with Crippen molar-refractivity contribution in [3.63, 3.8) is 0 Å². The number of rotatable bonds is 7. The fourth-order valence-corrected chi connectivity index (χ4v) is 4.40. The number of hydrogen-bond donors (Lipinski definition) is 2. The second-order valence-corrected chi connectivity index (χ2v) is 8.05. The molecule has 2 aromatic heterocycles. The topological polar surface area (TPSA) is 75.8 Å². The van der Waals surface area contributed by atoms with Crippen molar-refractivity contribution >= 4 is 23.4 Å². The number of aliphatic imine (C=N–C) groups is 1. The highest BCUT2D eigenvalue weighted by molar-refractivity contribution is 8.00. The van der Waals surface area contributed by atoms with Gasteiger partial charge in [0.1, 0.15) is 6.54 Å². The van der Waals surface area contributed by atoms with Gasteiger partial charge >= 0.3 is 0 Å². The molecule has 0 aliphatic carbocycles. The van der Waals surface area contributed by atoms with Gasteiger partial charge in [0.05, 0.1) is 0 Å². The van der Waals surface area contributed by atoms with Crippen LogP contribution in [0.3, 0.4) is 0 Å². The quantitative estimate of drug-likeness (QED) is 0.569. The third-order valence-electron chi connectivity index (χ3n) is 4.54. The van der Waals surface area contributed by atoms with E-state index in [1.807, 2.05) is 40.6 Å². The van der Waals surface area contributed by atoms with Gasteiger partial charge in [-0.15, -0.1) is 10.2 Å². The first-order valence-corrected chi connectivity index (χ1v) is 10.3. The van der Waals surface area contributed by atoms with Crippen molar-refractivity contribution in [3.05, 3.63) is 30.2 Å². The van der Waals surface area contributed by atoms with Crippen LogP contribution in [0.25, 0.3) is 5.65 Å². The maximum absolute atomic E-state index is 5.56. The van der Waals surface area contributed by atoms with Crippen LogP contribution in [-0.2, 0) is 11.3 Å². The largest absolute Gasteiger partial charge is 0.381 e. The summed E-state index contributed by atoms with van der Waals surface area (Å²) in [6.45, 7) is 8.18. The summed E-state index contributed by atoms with van der Waals surface area (Å²) in [6.07, 6.45) is 4.12. The molecule has 0 spiro atoms. The Morgan fingerprint density at radius 3 is 2.88 bits per heavy atom. The monoisotopic (exact) mass is 376 g/mol. The summed E-state index contributed by atoms with van der Waals surface area (Å²) < 4.78 is 7.76. The second kappa shape index (κ2) is 9.23. The second-order valence-electron chi connectivity index (χ2n) is 6.32. The molecule has 0 aromatic carbocycles. The molecule has 7 nitrogen and oxygen atoms in total. The molecule has 1 aliphatic rings. The van der Waals surface area contributed by atoms with Crippen LogP contribution in [0.4, 0.5) is 0 Å². The molecule has 3 heterocycles. The third kappa shape index (κ3) is 4.67. The first-order valence-electron chi connectivity index (χ1n) is 9.29. The molecule has 1 fully saturated rings. The first kappa shape index (κ1) is 19.0. The van der Waals surface area contributed by atoms with E-state index in [2.05, 4.69) is 34.7 Å². The molecule has 0 amide bonds. The van der Waals surface area contributed by atoms with Gasteiger partial charge in [0.15, 0.2) is 17.4 Å². The molecule has 0 atom stereocenters. The number of fused-ring (bicyclic) bond motifs is 1.